The summed E-state index contributed by atoms with van der Waals surface area (Å²) in [7, 11) is 0. The van der Waals surface area contributed by atoms with E-state index in [9.17, 15) is 13.2 Å². The Balaban J connectivity index is 2.21. The summed E-state index contributed by atoms with van der Waals surface area (Å²) < 4.78 is 45.9. The summed E-state index contributed by atoms with van der Waals surface area (Å²) >= 11 is 2.98. The van der Waals surface area contributed by atoms with Gasteiger partial charge in [-0.2, -0.15) is 0 Å². The molecule has 0 spiro atoms. The number of alkyl halides is 3. The third kappa shape index (κ3) is 4.30. The molecule has 9 heteroatoms. The topological polar surface area (TPSA) is 70.3 Å². The minimum absolute atomic E-state index is 0.0931. The van der Waals surface area contributed by atoms with Crippen LogP contribution in [0, 0.1) is 0 Å². The average Bonchev–Trinajstić information content (AvgIpc) is 2.41. The number of nitrogens with zero attached hydrogens (tertiary/aromatic N) is 2. The molecule has 5 nitrogen and oxygen atoms in total. The molecular formula is C12H9BrF3N3O2. The van der Waals surface area contributed by atoms with Crippen molar-refractivity contribution >= 4 is 15.9 Å². The highest BCUT2D eigenvalue weighted by molar-refractivity contribution is 9.10. The predicted octanol–water partition coefficient (Wildman–Crippen LogP) is 3.39. The first-order chi connectivity index (χ1) is 9.89. The fraction of sp³-hybridized carbons (Fsp3) is 0.167. The SMILES string of the molecule is NCc1nccnc1Oc1ccc(OC(F)(F)F)c(Br)c1. The number of hydrogen-bond acceptors (Lipinski definition) is 5. The van der Waals surface area contributed by atoms with Crippen molar-refractivity contribution in [2.75, 3.05) is 0 Å². The van der Waals surface area contributed by atoms with Crippen molar-refractivity contribution in [1.82, 2.24) is 9.97 Å². The van der Waals surface area contributed by atoms with Gasteiger partial charge in [0.1, 0.15) is 17.2 Å². The first-order valence-corrected chi connectivity index (χ1v) is 6.41. The Morgan fingerprint density at radius 1 is 1.19 bits per heavy atom. The molecule has 21 heavy (non-hydrogen) atoms. The fourth-order valence-electron chi connectivity index (χ4n) is 1.44. The second-order valence-electron chi connectivity index (χ2n) is 3.75. The van der Waals surface area contributed by atoms with E-state index in [0.717, 1.165) is 6.07 Å². The van der Waals surface area contributed by atoms with Gasteiger partial charge in [-0.3, -0.25) is 4.98 Å². The molecule has 1 aromatic heterocycles. The first kappa shape index (κ1) is 15.5. The molecule has 0 amide bonds. The normalized spacial score (nSPS) is 11.3. The zero-order valence-electron chi connectivity index (χ0n) is 10.4. The van der Waals surface area contributed by atoms with Crippen LogP contribution in [0.4, 0.5) is 13.2 Å². The maximum absolute atomic E-state index is 12.2. The van der Waals surface area contributed by atoms with Crippen molar-refractivity contribution in [3.8, 4) is 17.4 Å². The van der Waals surface area contributed by atoms with Gasteiger partial charge >= 0.3 is 6.36 Å². The molecule has 0 radical (unpaired) electrons. The highest BCUT2D eigenvalue weighted by Gasteiger charge is 2.32. The largest absolute Gasteiger partial charge is 0.573 e. The lowest BCUT2D eigenvalue weighted by Gasteiger charge is -2.12. The molecule has 0 aliphatic rings. The predicted molar refractivity (Wildman–Crippen MR) is 70.8 cm³/mol. The van der Waals surface area contributed by atoms with Crippen LogP contribution >= 0.6 is 15.9 Å². The minimum atomic E-state index is -4.76. The number of rotatable bonds is 4. The monoisotopic (exact) mass is 363 g/mol. The number of nitrogens with two attached hydrogens (primary N) is 1. The lowest BCUT2D eigenvalue weighted by atomic mass is 10.3. The van der Waals surface area contributed by atoms with Crippen LogP contribution in [0.5, 0.6) is 17.4 Å². The molecule has 0 saturated heterocycles. The van der Waals surface area contributed by atoms with Crippen LogP contribution in [-0.4, -0.2) is 16.3 Å². The average molecular weight is 364 g/mol. The Morgan fingerprint density at radius 2 is 1.90 bits per heavy atom. The van der Waals surface area contributed by atoms with Crippen molar-refractivity contribution in [1.29, 1.82) is 0 Å². The van der Waals surface area contributed by atoms with Crippen molar-refractivity contribution < 1.29 is 22.6 Å². The highest BCUT2D eigenvalue weighted by Crippen LogP contribution is 2.34. The van der Waals surface area contributed by atoms with Crippen LogP contribution in [-0.2, 0) is 6.54 Å². The summed E-state index contributed by atoms with van der Waals surface area (Å²) in [5.41, 5.74) is 5.93. The molecule has 112 valence electrons. The zero-order chi connectivity index (χ0) is 15.5. The number of halogens is 4. The standard InChI is InChI=1S/C12H9BrF3N3O2/c13-8-5-7(1-2-10(8)21-12(14,15)16)20-11-9(6-17)18-3-4-19-11/h1-5H,6,17H2. The molecule has 0 aliphatic carbocycles. The van der Waals surface area contributed by atoms with Crippen LogP contribution in [0.25, 0.3) is 0 Å². The van der Waals surface area contributed by atoms with Crippen LogP contribution in [0.3, 0.4) is 0 Å². The van der Waals surface area contributed by atoms with E-state index in [0.29, 0.717) is 5.69 Å². The number of benzene rings is 1. The van der Waals surface area contributed by atoms with Gasteiger partial charge in [-0.05, 0) is 34.1 Å². The van der Waals surface area contributed by atoms with Gasteiger partial charge in [-0.25, -0.2) is 4.98 Å². The van der Waals surface area contributed by atoms with Crippen LogP contribution < -0.4 is 15.2 Å². The molecule has 1 heterocycles. The van der Waals surface area contributed by atoms with Gasteiger partial charge in [0, 0.05) is 18.9 Å². The Labute approximate surface area is 126 Å². The van der Waals surface area contributed by atoms with Gasteiger partial charge in [0.25, 0.3) is 0 Å². The van der Waals surface area contributed by atoms with Crippen molar-refractivity contribution in [2.24, 2.45) is 5.73 Å². The van der Waals surface area contributed by atoms with E-state index in [-0.39, 0.29) is 28.4 Å². The molecule has 2 aromatic rings. The quantitative estimate of drug-likeness (QED) is 0.901. The number of aromatic nitrogens is 2. The van der Waals surface area contributed by atoms with Crippen molar-refractivity contribution in [3.63, 3.8) is 0 Å². The van der Waals surface area contributed by atoms with Crippen LogP contribution in [0.2, 0.25) is 0 Å². The fourth-order valence-corrected chi connectivity index (χ4v) is 1.88. The summed E-state index contributed by atoms with van der Waals surface area (Å²) in [4.78, 5) is 7.95. The summed E-state index contributed by atoms with van der Waals surface area (Å²) in [6, 6.07) is 3.78. The summed E-state index contributed by atoms with van der Waals surface area (Å²) in [6.07, 6.45) is -1.88. The first-order valence-electron chi connectivity index (χ1n) is 5.62. The van der Waals surface area contributed by atoms with Gasteiger partial charge in [-0.1, -0.05) is 0 Å². The summed E-state index contributed by atoms with van der Waals surface area (Å²) in [5.74, 6) is 0.0935. The molecule has 0 unspecified atom stereocenters. The molecule has 0 atom stereocenters. The lowest BCUT2D eigenvalue weighted by Crippen LogP contribution is -2.17. The van der Waals surface area contributed by atoms with E-state index in [1.165, 1.54) is 24.5 Å². The minimum Gasteiger partial charge on any atom is -0.437 e. The molecule has 0 saturated carbocycles. The van der Waals surface area contributed by atoms with E-state index in [4.69, 9.17) is 10.5 Å². The van der Waals surface area contributed by atoms with E-state index in [1.807, 2.05) is 0 Å². The summed E-state index contributed by atoms with van der Waals surface area (Å²) in [5, 5.41) is 0. The Bertz CT molecular complexity index is 637. The smallest absolute Gasteiger partial charge is 0.437 e. The Morgan fingerprint density at radius 3 is 2.52 bits per heavy atom. The van der Waals surface area contributed by atoms with Gasteiger partial charge in [0.15, 0.2) is 0 Å². The van der Waals surface area contributed by atoms with E-state index in [1.54, 1.807) is 0 Å². The molecule has 0 aliphatic heterocycles. The van der Waals surface area contributed by atoms with E-state index in [2.05, 4.69) is 30.6 Å². The maximum Gasteiger partial charge on any atom is 0.573 e. The maximum atomic E-state index is 12.2. The van der Waals surface area contributed by atoms with Crippen LogP contribution in [0.1, 0.15) is 5.69 Å². The highest BCUT2D eigenvalue weighted by atomic mass is 79.9. The Kier molecular flexibility index (Phi) is 4.63. The van der Waals surface area contributed by atoms with Gasteiger partial charge in [0.05, 0.1) is 4.47 Å². The van der Waals surface area contributed by atoms with E-state index >= 15 is 0 Å². The number of ether oxygens (including phenoxy) is 2. The third-order valence-electron chi connectivity index (χ3n) is 2.27. The second-order valence-corrected chi connectivity index (χ2v) is 4.61. The molecule has 2 rings (SSSR count). The Hall–Kier alpha value is -1.87. The van der Waals surface area contributed by atoms with E-state index < -0.39 is 6.36 Å². The third-order valence-corrected chi connectivity index (χ3v) is 2.89. The molecule has 0 bridgehead atoms. The lowest BCUT2D eigenvalue weighted by molar-refractivity contribution is -0.274. The van der Waals surface area contributed by atoms with Gasteiger partial charge in [0.2, 0.25) is 5.88 Å². The van der Waals surface area contributed by atoms with Crippen LogP contribution in [0.15, 0.2) is 35.1 Å². The second kappa shape index (κ2) is 6.27. The van der Waals surface area contributed by atoms with Gasteiger partial charge < -0.3 is 15.2 Å². The molecule has 2 N–H and O–H groups in total. The van der Waals surface area contributed by atoms with Crippen molar-refractivity contribution in [2.45, 2.75) is 12.9 Å². The summed E-state index contributed by atoms with van der Waals surface area (Å²) in [6.45, 7) is 0.125. The zero-order valence-corrected chi connectivity index (χ0v) is 12.0. The van der Waals surface area contributed by atoms with Crippen molar-refractivity contribution in [3.05, 3.63) is 40.8 Å². The molecule has 1 aromatic carbocycles. The molecular weight excluding hydrogens is 355 g/mol. The number of hydrogen-bond donors (Lipinski definition) is 1. The molecule has 0 fully saturated rings. The van der Waals surface area contributed by atoms with Gasteiger partial charge in [-0.15, -0.1) is 13.2 Å².